The number of fused-ring (bicyclic) bond motifs is 1. The van der Waals surface area contributed by atoms with E-state index in [1.54, 1.807) is 17.4 Å². The van der Waals surface area contributed by atoms with Gasteiger partial charge in [-0.25, -0.2) is 18.6 Å². The molecule has 0 unspecified atom stereocenters. The smallest absolute Gasteiger partial charge is 0.264 e. The van der Waals surface area contributed by atoms with Crippen molar-refractivity contribution in [1.82, 2.24) is 4.98 Å². The summed E-state index contributed by atoms with van der Waals surface area (Å²) in [6, 6.07) is 12.2. The molecule has 2 heterocycles. The molecule has 0 saturated carbocycles. The van der Waals surface area contributed by atoms with Crippen molar-refractivity contribution in [3.05, 3.63) is 47.0 Å². The maximum Gasteiger partial charge on any atom is 0.264 e. The fourth-order valence-corrected chi connectivity index (χ4v) is 3.36. The molecule has 3 rings (SSSR count). The number of halogens is 1. The van der Waals surface area contributed by atoms with Crippen molar-refractivity contribution < 1.29 is 59.6 Å². The van der Waals surface area contributed by atoms with Gasteiger partial charge in [-0.1, -0.05) is 18.6 Å². The number of nitrogens with zero attached hydrogens (tertiary/aromatic N) is 3. The van der Waals surface area contributed by atoms with E-state index in [-0.39, 0.29) is 21.4 Å². The maximum atomic E-state index is 8.49. The van der Waals surface area contributed by atoms with Crippen LogP contribution in [0, 0.1) is 22.8 Å². The number of benzene rings is 1. The van der Waals surface area contributed by atoms with E-state index in [0.717, 1.165) is 20.9 Å². The summed E-state index contributed by atoms with van der Waals surface area (Å²) in [5.74, 6) is 0.446. The Balaban J connectivity index is 0. The molecule has 0 fully saturated rings. The molecule has 3 aromatic rings. The Labute approximate surface area is 195 Å². The number of hydrogen-bond donors (Lipinski definition) is 0. The van der Waals surface area contributed by atoms with Crippen LogP contribution in [0.4, 0.5) is 5.69 Å². The van der Waals surface area contributed by atoms with E-state index in [2.05, 4.69) is 57.0 Å². The summed E-state index contributed by atoms with van der Waals surface area (Å²) < 4.78 is 41.1. The average Bonchev–Trinajstić information content (AvgIpc) is 2.94. The Morgan fingerprint density at radius 1 is 1.13 bits per heavy atom. The topological polar surface area (TPSA) is 121 Å². The van der Waals surface area contributed by atoms with E-state index in [0.29, 0.717) is 5.88 Å². The fourth-order valence-electron chi connectivity index (χ4n) is 2.35. The molecule has 30 heavy (non-hydrogen) atoms. The molecule has 0 saturated heterocycles. The molecule has 2 aromatic heterocycles. The molecule has 0 aliphatic rings. The number of aromatic nitrogens is 2. The van der Waals surface area contributed by atoms with E-state index >= 15 is 0 Å². The molecular weight excluding hydrogens is 469 g/mol. The van der Waals surface area contributed by atoms with Gasteiger partial charge in [-0.3, -0.25) is 0 Å². The van der Waals surface area contributed by atoms with Crippen molar-refractivity contribution in [2.75, 3.05) is 19.0 Å². The number of thiazole rings is 1. The van der Waals surface area contributed by atoms with Crippen LogP contribution in [-0.4, -0.2) is 19.1 Å². The van der Waals surface area contributed by atoms with E-state index in [9.17, 15) is 0 Å². The van der Waals surface area contributed by atoms with Gasteiger partial charge in [0.2, 0.25) is 11.4 Å². The molecule has 0 aliphatic carbocycles. The number of ether oxygens (including phenoxy) is 1. The number of rotatable bonds is 4. The van der Waals surface area contributed by atoms with Crippen LogP contribution in [0.1, 0.15) is 13.4 Å². The third-order valence-corrected chi connectivity index (χ3v) is 4.81. The Hall–Kier alpha value is -2.13. The van der Waals surface area contributed by atoms with Crippen LogP contribution >= 0.6 is 11.3 Å². The second kappa shape index (κ2) is 11.3. The quantitative estimate of drug-likeness (QED) is 0.342. The third-order valence-electron chi connectivity index (χ3n) is 3.70. The first-order valence-corrected chi connectivity index (χ1v) is 10.1. The maximum absolute atomic E-state index is 8.49. The van der Waals surface area contributed by atoms with Crippen LogP contribution in [0.2, 0.25) is 0 Å². The number of aryl methyl sites for hydroxylation is 1. The summed E-state index contributed by atoms with van der Waals surface area (Å²) in [7, 11) is 1.15. The van der Waals surface area contributed by atoms with Gasteiger partial charge in [-0.05, 0) is 35.1 Å². The van der Waals surface area contributed by atoms with E-state index in [1.807, 2.05) is 27.2 Å². The summed E-state index contributed by atoms with van der Waals surface area (Å²) in [6.07, 6.45) is 11.5. The first-order chi connectivity index (χ1) is 13.6. The molecule has 8 nitrogen and oxygen atoms in total. The van der Waals surface area contributed by atoms with Gasteiger partial charge in [0, 0.05) is 59.4 Å². The minimum atomic E-state index is -4.94. The zero-order chi connectivity index (χ0) is 21.6. The molecule has 0 amide bonds. The standard InChI is InChI=1S/C19H18N3OS.ClHO4.V.2H2/c1-5-23-17-12-11-16-19(20-17)24-18(22(16)4)13-8-14-6-9-15(10-7-14)21(2)3;2-1(3,4)5;;;/h1,6-13H,2-4H3;(H,2,3,4,5);;2*1H/q+1;;;;/p-1. The van der Waals surface area contributed by atoms with Gasteiger partial charge in [-0.15, -0.1) is 10.2 Å². The van der Waals surface area contributed by atoms with Crippen LogP contribution in [0.5, 0.6) is 5.88 Å². The first-order valence-electron chi connectivity index (χ1n) is 8.07. The Morgan fingerprint density at radius 3 is 2.27 bits per heavy atom. The third kappa shape index (κ3) is 7.95. The fraction of sp³-hybridized carbons (Fsp3) is 0.158. The largest absolute Gasteiger partial charge is 0.388 e. The number of pyridine rings is 1. The Morgan fingerprint density at radius 2 is 1.73 bits per heavy atom. The average molecular weight is 491 g/mol. The number of hydrogen-bond acceptors (Lipinski definition) is 8. The van der Waals surface area contributed by atoms with Crippen molar-refractivity contribution in [3.8, 4) is 18.4 Å². The van der Waals surface area contributed by atoms with Gasteiger partial charge in [0.15, 0.2) is 4.83 Å². The van der Waals surface area contributed by atoms with E-state index in [4.69, 9.17) is 29.8 Å². The van der Waals surface area contributed by atoms with Gasteiger partial charge in [0.05, 0.1) is 0 Å². The van der Waals surface area contributed by atoms with Crippen molar-refractivity contribution in [2.45, 2.75) is 0 Å². The molecular formula is C19H22ClN3O5SV. The summed E-state index contributed by atoms with van der Waals surface area (Å²) >= 11 is 1.60. The van der Waals surface area contributed by atoms with Gasteiger partial charge in [0.25, 0.3) is 5.01 Å². The van der Waals surface area contributed by atoms with Crippen LogP contribution in [0.3, 0.4) is 0 Å². The normalized spacial score (nSPS) is 10.7. The number of terminal acetylenes is 1. The van der Waals surface area contributed by atoms with Crippen LogP contribution in [-0.2, 0) is 25.6 Å². The first kappa shape index (κ1) is 25.9. The zero-order valence-electron chi connectivity index (χ0n) is 16.3. The summed E-state index contributed by atoms with van der Waals surface area (Å²) in [4.78, 5) is 7.41. The van der Waals surface area contributed by atoms with Gasteiger partial charge >= 0.3 is 0 Å². The van der Waals surface area contributed by atoms with Gasteiger partial charge in [0.1, 0.15) is 13.2 Å². The van der Waals surface area contributed by atoms with E-state index in [1.165, 1.54) is 5.69 Å². The van der Waals surface area contributed by atoms with Crippen LogP contribution in [0.25, 0.3) is 22.5 Å². The summed E-state index contributed by atoms with van der Waals surface area (Å²) in [5, 5.41) is 1.10. The second-order valence-corrected chi connectivity index (χ2v) is 7.66. The second-order valence-electron chi connectivity index (χ2n) is 5.89. The van der Waals surface area contributed by atoms with Crippen LogP contribution in [0.15, 0.2) is 36.4 Å². The van der Waals surface area contributed by atoms with Crippen molar-refractivity contribution in [2.24, 2.45) is 7.05 Å². The SMILES string of the molecule is C#COc1ccc2c(n1)sc(C=Cc1ccc(N(C)C)cc1)[n+]2C.[HH].[HH].[O-][Cl+3]([O-])([O-])[O-].[V]. The molecule has 161 valence electrons. The Bertz CT molecular complexity index is 1050. The molecule has 1 aromatic carbocycles. The molecule has 0 bridgehead atoms. The number of anilines is 1. The zero-order valence-corrected chi connectivity index (χ0v) is 19.3. The molecule has 1 radical (unpaired) electrons. The molecule has 0 N–H and O–H groups in total. The molecule has 0 atom stereocenters. The molecule has 0 spiro atoms. The van der Waals surface area contributed by atoms with Crippen molar-refractivity contribution >= 4 is 39.5 Å². The monoisotopic (exact) mass is 490 g/mol. The van der Waals surface area contributed by atoms with Crippen molar-refractivity contribution in [3.63, 3.8) is 0 Å². The van der Waals surface area contributed by atoms with E-state index < -0.39 is 10.2 Å². The molecule has 0 aliphatic heterocycles. The van der Waals surface area contributed by atoms with Crippen molar-refractivity contribution in [1.29, 1.82) is 0 Å². The molecule has 11 heteroatoms. The van der Waals surface area contributed by atoms with Crippen LogP contribution < -0.4 is 32.8 Å². The minimum absolute atomic E-state index is 0. The summed E-state index contributed by atoms with van der Waals surface area (Å²) in [5.41, 5.74) is 3.39. The minimum Gasteiger partial charge on any atom is -0.388 e. The Kier molecular flexibility index (Phi) is 9.77. The predicted octanol–water partition coefficient (Wildman–Crippen LogP) is -0.940. The predicted molar refractivity (Wildman–Crippen MR) is 104 cm³/mol. The van der Waals surface area contributed by atoms with Gasteiger partial charge in [-0.2, -0.15) is 9.55 Å². The van der Waals surface area contributed by atoms with Gasteiger partial charge < -0.3 is 9.64 Å². The summed E-state index contributed by atoms with van der Waals surface area (Å²) in [6.45, 7) is 0.